The Kier molecular flexibility index (Phi) is 4.30. The predicted octanol–water partition coefficient (Wildman–Crippen LogP) is 1.45. The van der Waals surface area contributed by atoms with E-state index in [0.717, 1.165) is 5.82 Å². The summed E-state index contributed by atoms with van der Waals surface area (Å²) < 4.78 is 10.1. The molecule has 1 aromatic rings. The number of nitrogens with zero attached hydrogens (tertiary/aromatic N) is 2. The maximum atomic E-state index is 5.08. The molecule has 1 N–H and O–H groups in total. The molecule has 0 aliphatic carbocycles. The van der Waals surface area contributed by atoms with Gasteiger partial charge in [0.1, 0.15) is 12.4 Å². The number of anilines is 1. The average Bonchev–Trinajstić information content (AvgIpc) is 2.16. The highest BCUT2D eigenvalue weighted by atomic mass is 16.5. The van der Waals surface area contributed by atoms with Crippen molar-refractivity contribution in [2.24, 2.45) is 0 Å². The van der Waals surface area contributed by atoms with Gasteiger partial charge in [-0.25, -0.2) is 4.98 Å². The fourth-order valence-corrected chi connectivity index (χ4v) is 1.14. The molecule has 0 spiro atoms. The maximum Gasteiger partial charge on any atom is 0.218 e. The summed E-state index contributed by atoms with van der Waals surface area (Å²) in [4.78, 5) is 8.43. The molecule has 1 heterocycles. The van der Waals surface area contributed by atoms with E-state index in [-0.39, 0.29) is 0 Å². The molecule has 1 aromatic heterocycles. The highest BCUT2D eigenvalue weighted by Crippen LogP contribution is 2.14. The van der Waals surface area contributed by atoms with Crippen molar-refractivity contribution in [1.82, 2.24) is 9.97 Å². The van der Waals surface area contributed by atoms with E-state index in [1.807, 2.05) is 13.8 Å². The third-order valence-corrected chi connectivity index (χ3v) is 1.67. The van der Waals surface area contributed by atoms with Crippen LogP contribution < -0.4 is 10.1 Å². The van der Waals surface area contributed by atoms with Crippen LogP contribution in [0, 0.1) is 0 Å². The maximum absolute atomic E-state index is 5.08. The molecule has 0 unspecified atom stereocenters. The van der Waals surface area contributed by atoms with E-state index in [4.69, 9.17) is 9.47 Å². The number of methoxy groups -OCH3 is 2. The minimum absolute atomic E-state index is 0.319. The van der Waals surface area contributed by atoms with Gasteiger partial charge in [0.15, 0.2) is 5.82 Å². The zero-order valence-corrected chi connectivity index (χ0v) is 9.57. The molecule has 5 nitrogen and oxygen atoms in total. The van der Waals surface area contributed by atoms with E-state index in [2.05, 4.69) is 15.3 Å². The first-order valence-electron chi connectivity index (χ1n) is 4.83. The quantitative estimate of drug-likeness (QED) is 0.799. The van der Waals surface area contributed by atoms with Gasteiger partial charge in [-0.3, -0.25) is 0 Å². The monoisotopic (exact) mass is 211 g/mol. The second-order valence-electron chi connectivity index (χ2n) is 3.44. The molecule has 0 radical (unpaired) electrons. The van der Waals surface area contributed by atoms with E-state index in [1.165, 1.54) is 0 Å². The largest absolute Gasteiger partial charge is 0.481 e. The zero-order valence-electron chi connectivity index (χ0n) is 9.57. The van der Waals surface area contributed by atoms with Crippen LogP contribution in [0.1, 0.15) is 19.7 Å². The second kappa shape index (κ2) is 5.50. The lowest BCUT2D eigenvalue weighted by Gasteiger charge is -2.11. The first-order chi connectivity index (χ1) is 7.15. The minimum atomic E-state index is 0.319. The van der Waals surface area contributed by atoms with E-state index in [9.17, 15) is 0 Å². The van der Waals surface area contributed by atoms with Crippen LogP contribution in [-0.4, -0.2) is 30.2 Å². The summed E-state index contributed by atoms with van der Waals surface area (Å²) in [6.45, 7) is 4.47. The summed E-state index contributed by atoms with van der Waals surface area (Å²) in [5.74, 6) is 1.91. The fraction of sp³-hybridized carbons (Fsp3) is 0.600. The van der Waals surface area contributed by atoms with Crippen LogP contribution in [0.3, 0.4) is 0 Å². The zero-order chi connectivity index (χ0) is 11.3. The second-order valence-corrected chi connectivity index (χ2v) is 3.44. The van der Waals surface area contributed by atoms with Gasteiger partial charge in [0.25, 0.3) is 0 Å². The number of hydrogen-bond acceptors (Lipinski definition) is 5. The van der Waals surface area contributed by atoms with E-state index in [1.54, 1.807) is 20.3 Å². The van der Waals surface area contributed by atoms with Gasteiger partial charge in [0.05, 0.1) is 7.11 Å². The molecule has 0 fully saturated rings. The summed E-state index contributed by atoms with van der Waals surface area (Å²) in [6, 6.07) is 2.08. The number of rotatable bonds is 5. The fourth-order valence-electron chi connectivity index (χ4n) is 1.14. The van der Waals surface area contributed by atoms with Crippen molar-refractivity contribution >= 4 is 5.82 Å². The topological polar surface area (TPSA) is 56.3 Å². The van der Waals surface area contributed by atoms with Crippen molar-refractivity contribution in [1.29, 1.82) is 0 Å². The van der Waals surface area contributed by atoms with Gasteiger partial charge >= 0.3 is 0 Å². The molecule has 0 bridgehead atoms. The van der Waals surface area contributed by atoms with Crippen LogP contribution in [-0.2, 0) is 11.3 Å². The Labute approximate surface area is 89.8 Å². The van der Waals surface area contributed by atoms with E-state index >= 15 is 0 Å². The molecule has 0 saturated heterocycles. The molecule has 15 heavy (non-hydrogen) atoms. The van der Waals surface area contributed by atoms with Crippen molar-refractivity contribution < 1.29 is 9.47 Å². The van der Waals surface area contributed by atoms with Gasteiger partial charge in [-0.1, -0.05) is 0 Å². The lowest BCUT2D eigenvalue weighted by atomic mass is 10.4. The van der Waals surface area contributed by atoms with Crippen LogP contribution in [0.15, 0.2) is 6.07 Å². The highest BCUT2D eigenvalue weighted by Gasteiger charge is 2.05. The molecule has 5 heteroatoms. The van der Waals surface area contributed by atoms with Crippen LogP contribution in [0.4, 0.5) is 5.82 Å². The lowest BCUT2D eigenvalue weighted by Crippen LogP contribution is -2.12. The molecular weight excluding hydrogens is 194 g/mol. The molecule has 0 saturated carbocycles. The number of aromatic nitrogens is 2. The smallest absolute Gasteiger partial charge is 0.218 e. The Hall–Kier alpha value is -1.36. The highest BCUT2D eigenvalue weighted by molar-refractivity contribution is 5.39. The van der Waals surface area contributed by atoms with Gasteiger partial charge in [-0.2, -0.15) is 4.98 Å². The van der Waals surface area contributed by atoms with E-state index < -0.39 is 0 Å². The number of hydrogen-bond donors (Lipinski definition) is 1. The summed E-state index contributed by atoms with van der Waals surface area (Å²) in [5, 5.41) is 3.19. The molecule has 84 valence electrons. The van der Waals surface area contributed by atoms with Crippen molar-refractivity contribution in [2.45, 2.75) is 26.5 Å². The molecule has 0 amide bonds. The van der Waals surface area contributed by atoms with Crippen LogP contribution in [0.2, 0.25) is 0 Å². The van der Waals surface area contributed by atoms with Crippen LogP contribution in [0.5, 0.6) is 5.88 Å². The Morgan fingerprint density at radius 1 is 1.33 bits per heavy atom. The van der Waals surface area contributed by atoms with Crippen LogP contribution >= 0.6 is 0 Å². The van der Waals surface area contributed by atoms with Gasteiger partial charge in [0.2, 0.25) is 5.88 Å². The summed E-state index contributed by atoms with van der Waals surface area (Å²) in [7, 11) is 3.19. The molecule has 0 aromatic carbocycles. The summed E-state index contributed by atoms with van der Waals surface area (Å²) in [5.41, 5.74) is 0. The minimum Gasteiger partial charge on any atom is -0.481 e. The van der Waals surface area contributed by atoms with Gasteiger partial charge in [-0.05, 0) is 13.8 Å². The SMILES string of the molecule is COCc1nc(NC(C)C)cc(OC)n1. The molecule has 0 aliphatic heterocycles. The summed E-state index contributed by atoms with van der Waals surface area (Å²) in [6.07, 6.45) is 0. The van der Waals surface area contributed by atoms with Crippen molar-refractivity contribution in [2.75, 3.05) is 19.5 Å². The van der Waals surface area contributed by atoms with Crippen molar-refractivity contribution in [3.8, 4) is 5.88 Å². The third-order valence-electron chi connectivity index (χ3n) is 1.67. The first kappa shape index (κ1) is 11.7. The number of ether oxygens (including phenoxy) is 2. The standard InChI is InChI=1S/C10H17N3O2/c1-7(2)11-8-5-10(15-4)13-9(12-8)6-14-3/h5,7H,6H2,1-4H3,(H,11,12,13). The van der Waals surface area contributed by atoms with Crippen molar-refractivity contribution in [3.63, 3.8) is 0 Å². The first-order valence-corrected chi connectivity index (χ1v) is 4.83. The van der Waals surface area contributed by atoms with Gasteiger partial charge in [-0.15, -0.1) is 0 Å². The lowest BCUT2D eigenvalue weighted by molar-refractivity contribution is 0.177. The van der Waals surface area contributed by atoms with E-state index in [0.29, 0.717) is 24.4 Å². The Morgan fingerprint density at radius 3 is 2.60 bits per heavy atom. The number of nitrogens with one attached hydrogen (secondary N) is 1. The normalized spacial score (nSPS) is 10.5. The molecular formula is C10H17N3O2. The Morgan fingerprint density at radius 2 is 2.07 bits per heavy atom. The molecule has 0 aliphatic rings. The average molecular weight is 211 g/mol. The molecule has 1 rings (SSSR count). The van der Waals surface area contributed by atoms with Gasteiger partial charge < -0.3 is 14.8 Å². The Balaban J connectivity index is 2.89. The summed E-state index contributed by atoms with van der Waals surface area (Å²) >= 11 is 0. The van der Waals surface area contributed by atoms with Crippen molar-refractivity contribution in [3.05, 3.63) is 11.9 Å². The third kappa shape index (κ3) is 3.71. The molecule has 0 atom stereocenters. The van der Waals surface area contributed by atoms with Crippen LogP contribution in [0.25, 0.3) is 0 Å². The van der Waals surface area contributed by atoms with Gasteiger partial charge in [0, 0.05) is 19.2 Å². The predicted molar refractivity (Wildman–Crippen MR) is 58.1 cm³/mol. The Bertz CT molecular complexity index is 316.